The maximum absolute atomic E-state index is 5.94. The van der Waals surface area contributed by atoms with Crippen LogP contribution in [0.1, 0.15) is 24.5 Å². The third-order valence-electron chi connectivity index (χ3n) is 4.32. The first-order valence-electron chi connectivity index (χ1n) is 7.63. The van der Waals surface area contributed by atoms with E-state index in [2.05, 4.69) is 21.9 Å². The second kappa shape index (κ2) is 6.90. The van der Waals surface area contributed by atoms with Gasteiger partial charge in [-0.25, -0.2) is 0 Å². The van der Waals surface area contributed by atoms with Crippen LogP contribution in [-0.4, -0.2) is 55.7 Å². The lowest BCUT2D eigenvalue weighted by atomic mass is 10.1. The maximum Gasteiger partial charge on any atom is 0.0952 e. The Morgan fingerprint density at radius 1 is 1.00 bits per heavy atom. The molecule has 2 fully saturated rings. The lowest BCUT2D eigenvalue weighted by molar-refractivity contribution is -0.0316. The van der Waals surface area contributed by atoms with Gasteiger partial charge in [0.2, 0.25) is 0 Å². The van der Waals surface area contributed by atoms with Crippen LogP contribution in [0.25, 0.3) is 0 Å². The topological polar surface area (TPSA) is 15.7 Å². The largest absolute Gasteiger partial charge is 0.371 e. The lowest BCUT2D eigenvalue weighted by Crippen LogP contribution is -2.42. The van der Waals surface area contributed by atoms with E-state index in [0.29, 0.717) is 0 Å². The first-order chi connectivity index (χ1) is 9.81. The Labute approximate surface area is 126 Å². The Kier molecular flexibility index (Phi) is 4.94. The van der Waals surface area contributed by atoms with Gasteiger partial charge in [0, 0.05) is 31.2 Å². The van der Waals surface area contributed by atoms with Crippen molar-refractivity contribution in [2.24, 2.45) is 0 Å². The number of hydrogen-bond acceptors (Lipinski definition) is 3. The van der Waals surface area contributed by atoms with Crippen LogP contribution in [0.2, 0.25) is 5.02 Å². The minimum atomic E-state index is 0.194. The summed E-state index contributed by atoms with van der Waals surface area (Å²) in [6.45, 7) is 7.80. The zero-order chi connectivity index (χ0) is 13.8. The Hall–Kier alpha value is -0.610. The molecular weight excluding hydrogens is 272 g/mol. The molecule has 20 heavy (non-hydrogen) atoms. The van der Waals surface area contributed by atoms with E-state index in [1.54, 1.807) is 0 Å². The van der Waals surface area contributed by atoms with Gasteiger partial charge in [0.15, 0.2) is 0 Å². The number of benzene rings is 1. The minimum absolute atomic E-state index is 0.194. The van der Waals surface area contributed by atoms with Gasteiger partial charge in [-0.05, 0) is 43.6 Å². The van der Waals surface area contributed by atoms with Crippen molar-refractivity contribution < 1.29 is 4.74 Å². The van der Waals surface area contributed by atoms with Crippen LogP contribution in [0.3, 0.4) is 0 Å². The number of halogens is 1. The Bertz CT molecular complexity index is 417. The predicted molar refractivity (Wildman–Crippen MR) is 82.3 cm³/mol. The second-order valence-electron chi connectivity index (χ2n) is 5.76. The molecule has 2 heterocycles. The van der Waals surface area contributed by atoms with Crippen molar-refractivity contribution in [2.75, 3.05) is 45.9 Å². The average Bonchev–Trinajstić information content (AvgIpc) is 3.00. The maximum atomic E-state index is 5.94. The number of likely N-dealkylation sites (tertiary alicyclic amines) is 1. The molecule has 0 saturated carbocycles. The number of hydrogen-bond donors (Lipinski definition) is 0. The van der Waals surface area contributed by atoms with Crippen molar-refractivity contribution >= 4 is 11.6 Å². The molecule has 1 aromatic carbocycles. The van der Waals surface area contributed by atoms with E-state index in [4.69, 9.17) is 16.3 Å². The van der Waals surface area contributed by atoms with Gasteiger partial charge in [0.25, 0.3) is 0 Å². The molecular formula is C16H23ClN2O. The summed E-state index contributed by atoms with van der Waals surface area (Å²) in [5.41, 5.74) is 1.24. The summed E-state index contributed by atoms with van der Waals surface area (Å²) in [6, 6.07) is 8.06. The van der Waals surface area contributed by atoms with Gasteiger partial charge >= 0.3 is 0 Å². The molecule has 2 aliphatic rings. The zero-order valence-electron chi connectivity index (χ0n) is 11.9. The van der Waals surface area contributed by atoms with E-state index < -0.39 is 0 Å². The minimum Gasteiger partial charge on any atom is -0.371 e. The van der Waals surface area contributed by atoms with Gasteiger partial charge in [-0.1, -0.05) is 23.7 Å². The van der Waals surface area contributed by atoms with Crippen LogP contribution in [0, 0.1) is 0 Å². The molecule has 0 spiro atoms. The molecule has 0 aliphatic carbocycles. The Balaban J connectivity index is 1.51. The lowest BCUT2D eigenvalue weighted by Gasteiger charge is -2.34. The fraction of sp³-hybridized carbons (Fsp3) is 0.625. The van der Waals surface area contributed by atoms with E-state index in [0.717, 1.165) is 31.3 Å². The van der Waals surface area contributed by atoms with Crippen LogP contribution in [0.4, 0.5) is 0 Å². The van der Waals surface area contributed by atoms with Gasteiger partial charge in [0.05, 0.1) is 12.7 Å². The molecule has 1 atom stereocenters. The number of rotatable bonds is 4. The molecule has 3 nitrogen and oxygen atoms in total. The molecule has 1 aromatic rings. The Morgan fingerprint density at radius 3 is 2.45 bits per heavy atom. The molecule has 2 saturated heterocycles. The van der Waals surface area contributed by atoms with Crippen LogP contribution >= 0.6 is 11.6 Å². The number of morpholine rings is 1. The van der Waals surface area contributed by atoms with E-state index in [9.17, 15) is 0 Å². The molecule has 110 valence electrons. The second-order valence-corrected chi connectivity index (χ2v) is 6.20. The standard InChI is InChI=1S/C16H23ClN2O/c17-15-5-3-14(4-6-15)16-13-19(11-12-20-16)10-9-18-7-1-2-8-18/h3-6,16H,1-2,7-13H2. The van der Waals surface area contributed by atoms with Crippen molar-refractivity contribution in [1.82, 2.24) is 9.80 Å². The van der Waals surface area contributed by atoms with Crippen molar-refractivity contribution in [3.8, 4) is 0 Å². The SMILES string of the molecule is Clc1ccc(C2CN(CCN3CCCC3)CCO2)cc1. The highest BCUT2D eigenvalue weighted by Gasteiger charge is 2.22. The summed E-state index contributed by atoms with van der Waals surface area (Å²) in [6.07, 6.45) is 2.94. The van der Waals surface area contributed by atoms with Crippen molar-refractivity contribution in [3.05, 3.63) is 34.9 Å². The monoisotopic (exact) mass is 294 g/mol. The van der Waals surface area contributed by atoms with E-state index in [-0.39, 0.29) is 6.10 Å². The van der Waals surface area contributed by atoms with Crippen LogP contribution in [0.15, 0.2) is 24.3 Å². The van der Waals surface area contributed by atoms with Gasteiger partial charge in [-0.15, -0.1) is 0 Å². The highest BCUT2D eigenvalue weighted by molar-refractivity contribution is 6.30. The highest BCUT2D eigenvalue weighted by atomic mass is 35.5. The van der Waals surface area contributed by atoms with E-state index in [1.165, 1.54) is 38.0 Å². The summed E-state index contributed by atoms with van der Waals surface area (Å²) in [7, 11) is 0. The van der Waals surface area contributed by atoms with E-state index in [1.807, 2.05) is 12.1 Å². The van der Waals surface area contributed by atoms with Crippen molar-refractivity contribution in [2.45, 2.75) is 18.9 Å². The van der Waals surface area contributed by atoms with Crippen LogP contribution < -0.4 is 0 Å². The molecule has 0 N–H and O–H groups in total. The summed E-state index contributed by atoms with van der Waals surface area (Å²) >= 11 is 5.94. The van der Waals surface area contributed by atoms with Gasteiger partial charge in [0.1, 0.15) is 0 Å². The zero-order valence-corrected chi connectivity index (χ0v) is 12.7. The fourth-order valence-electron chi connectivity index (χ4n) is 3.07. The molecule has 0 aromatic heterocycles. The van der Waals surface area contributed by atoms with Crippen molar-refractivity contribution in [1.29, 1.82) is 0 Å². The normalized spacial score (nSPS) is 25.1. The third-order valence-corrected chi connectivity index (χ3v) is 4.58. The fourth-order valence-corrected chi connectivity index (χ4v) is 3.20. The van der Waals surface area contributed by atoms with Crippen molar-refractivity contribution in [3.63, 3.8) is 0 Å². The highest BCUT2D eigenvalue weighted by Crippen LogP contribution is 2.23. The van der Waals surface area contributed by atoms with Crippen LogP contribution in [0.5, 0.6) is 0 Å². The van der Waals surface area contributed by atoms with Gasteiger partial charge < -0.3 is 9.64 Å². The Morgan fingerprint density at radius 2 is 1.70 bits per heavy atom. The molecule has 0 bridgehead atoms. The molecule has 4 heteroatoms. The van der Waals surface area contributed by atoms with E-state index >= 15 is 0 Å². The predicted octanol–water partition coefficient (Wildman–Crippen LogP) is 2.81. The van der Waals surface area contributed by atoms with Gasteiger partial charge in [-0.3, -0.25) is 4.90 Å². The summed E-state index contributed by atoms with van der Waals surface area (Å²) in [4.78, 5) is 5.11. The molecule has 0 amide bonds. The smallest absolute Gasteiger partial charge is 0.0952 e. The summed E-state index contributed by atoms with van der Waals surface area (Å²) in [5.74, 6) is 0. The first-order valence-corrected chi connectivity index (χ1v) is 8.01. The quantitative estimate of drug-likeness (QED) is 0.849. The number of nitrogens with zero attached hydrogens (tertiary/aromatic N) is 2. The molecule has 3 rings (SSSR count). The molecule has 1 unspecified atom stereocenters. The summed E-state index contributed by atoms with van der Waals surface area (Å²) < 4.78 is 5.91. The van der Waals surface area contributed by atoms with Gasteiger partial charge in [-0.2, -0.15) is 0 Å². The summed E-state index contributed by atoms with van der Waals surface area (Å²) in [5, 5.41) is 0.787. The molecule has 2 aliphatic heterocycles. The third kappa shape index (κ3) is 3.73. The first kappa shape index (κ1) is 14.3. The average molecular weight is 295 g/mol. The molecule has 0 radical (unpaired) electrons. The van der Waals surface area contributed by atoms with Crippen LogP contribution in [-0.2, 0) is 4.74 Å². The number of ether oxygens (including phenoxy) is 1.